The summed E-state index contributed by atoms with van der Waals surface area (Å²) in [6, 6.07) is 0. The molecule has 0 aromatic heterocycles. The first kappa shape index (κ1) is 7.58. The van der Waals surface area contributed by atoms with E-state index in [0.29, 0.717) is 11.3 Å². The second kappa shape index (κ2) is 2.60. The first-order chi connectivity index (χ1) is 4.60. The van der Waals surface area contributed by atoms with Gasteiger partial charge in [0.25, 0.3) is 0 Å². The Balaban J connectivity index is 2.54. The second-order valence-corrected chi connectivity index (χ2v) is 3.85. The average molecular weight is 140 g/mol. The lowest BCUT2D eigenvalue weighted by Gasteiger charge is -2.20. The predicted octanol–water partition coefficient (Wildman–Crippen LogP) is 1.76. The molecule has 2 heteroatoms. The highest BCUT2D eigenvalue weighted by Crippen LogP contribution is 2.27. The number of hydrogen-bond donors (Lipinski definition) is 2. The smallest absolute Gasteiger partial charge is 0.0936 e. The van der Waals surface area contributed by atoms with Gasteiger partial charge in [-0.25, -0.2) is 0 Å². The third kappa shape index (κ3) is 2.01. The van der Waals surface area contributed by atoms with Crippen LogP contribution in [0.2, 0.25) is 0 Å². The van der Waals surface area contributed by atoms with Gasteiger partial charge in [-0.05, 0) is 18.3 Å². The van der Waals surface area contributed by atoms with Crippen LogP contribution < -0.4 is 5.32 Å². The van der Waals surface area contributed by atoms with Gasteiger partial charge in [-0.2, -0.15) is 0 Å². The maximum Gasteiger partial charge on any atom is 0.0936 e. The van der Waals surface area contributed by atoms with E-state index >= 15 is 0 Å². The third-order valence-corrected chi connectivity index (χ3v) is 2.02. The molecule has 1 rings (SSSR count). The van der Waals surface area contributed by atoms with Crippen LogP contribution in [0.5, 0.6) is 0 Å². The summed E-state index contributed by atoms with van der Waals surface area (Å²) in [5.74, 6) is 0.711. The molecule has 0 aliphatic carbocycles. The number of rotatable bonds is 0. The van der Waals surface area contributed by atoms with Gasteiger partial charge in [0.2, 0.25) is 0 Å². The Bertz CT molecular complexity index is 138. The van der Waals surface area contributed by atoms with Gasteiger partial charge in [0, 0.05) is 13.0 Å². The molecule has 0 aromatic carbocycles. The minimum Gasteiger partial charge on any atom is -0.374 e. The number of amidine groups is 1. The summed E-state index contributed by atoms with van der Waals surface area (Å²) >= 11 is 0. The van der Waals surface area contributed by atoms with E-state index in [-0.39, 0.29) is 0 Å². The Morgan fingerprint density at radius 3 is 2.90 bits per heavy atom. The van der Waals surface area contributed by atoms with E-state index in [9.17, 15) is 0 Å². The molecule has 1 saturated heterocycles. The van der Waals surface area contributed by atoms with E-state index in [1.54, 1.807) is 0 Å². The highest BCUT2D eigenvalue weighted by molar-refractivity contribution is 5.79. The topological polar surface area (TPSA) is 35.9 Å². The minimum atomic E-state index is 0.348. The molecule has 0 saturated carbocycles. The zero-order chi connectivity index (χ0) is 7.61. The molecule has 0 spiro atoms. The fourth-order valence-corrected chi connectivity index (χ4v) is 1.44. The van der Waals surface area contributed by atoms with E-state index in [0.717, 1.165) is 13.0 Å². The normalized spacial score (nSPS) is 25.2. The van der Waals surface area contributed by atoms with Crippen molar-refractivity contribution in [3.63, 3.8) is 0 Å². The van der Waals surface area contributed by atoms with Gasteiger partial charge in [-0.15, -0.1) is 0 Å². The number of hydrogen-bond acceptors (Lipinski definition) is 1. The fourth-order valence-electron chi connectivity index (χ4n) is 1.44. The molecule has 0 aromatic rings. The summed E-state index contributed by atoms with van der Waals surface area (Å²) in [7, 11) is 0. The molecule has 2 N–H and O–H groups in total. The van der Waals surface area contributed by atoms with Crippen LogP contribution in [0.15, 0.2) is 0 Å². The molecule has 0 amide bonds. The van der Waals surface area contributed by atoms with Crippen LogP contribution in [0.25, 0.3) is 0 Å². The summed E-state index contributed by atoms with van der Waals surface area (Å²) in [6.45, 7) is 5.45. The average Bonchev–Trinajstić information content (AvgIpc) is 1.90. The Hall–Kier alpha value is -0.530. The molecule has 1 aliphatic rings. The zero-order valence-electron chi connectivity index (χ0n) is 6.83. The van der Waals surface area contributed by atoms with Crippen molar-refractivity contribution in [2.24, 2.45) is 5.41 Å². The van der Waals surface area contributed by atoms with Crippen molar-refractivity contribution in [1.29, 1.82) is 5.41 Å². The van der Waals surface area contributed by atoms with Gasteiger partial charge >= 0.3 is 0 Å². The van der Waals surface area contributed by atoms with Crippen molar-refractivity contribution in [1.82, 2.24) is 5.32 Å². The van der Waals surface area contributed by atoms with Gasteiger partial charge in [0.05, 0.1) is 5.84 Å². The summed E-state index contributed by atoms with van der Waals surface area (Å²) in [4.78, 5) is 0. The number of nitrogens with one attached hydrogen (secondary N) is 2. The van der Waals surface area contributed by atoms with Crippen LogP contribution in [0, 0.1) is 10.8 Å². The summed E-state index contributed by atoms with van der Waals surface area (Å²) in [5.41, 5.74) is 0.348. The molecule has 1 aliphatic heterocycles. The highest BCUT2D eigenvalue weighted by atomic mass is 14.9. The zero-order valence-corrected chi connectivity index (χ0v) is 6.83. The molecule has 1 heterocycles. The van der Waals surface area contributed by atoms with Crippen molar-refractivity contribution in [3.05, 3.63) is 0 Å². The van der Waals surface area contributed by atoms with Crippen molar-refractivity contribution in [2.75, 3.05) is 6.54 Å². The molecule has 0 radical (unpaired) electrons. The van der Waals surface area contributed by atoms with Gasteiger partial charge in [0.1, 0.15) is 0 Å². The predicted molar refractivity (Wildman–Crippen MR) is 43.4 cm³/mol. The molecule has 2 nitrogen and oxygen atoms in total. The third-order valence-electron chi connectivity index (χ3n) is 2.02. The fraction of sp³-hybridized carbons (Fsp3) is 0.875. The van der Waals surface area contributed by atoms with E-state index in [4.69, 9.17) is 5.41 Å². The Morgan fingerprint density at radius 2 is 2.20 bits per heavy atom. The molecule has 0 bridgehead atoms. The monoisotopic (exact) mass is 140 g/mol. The van der Waals surface area contributed by atoms with Gasteiger partial charge in [0.15, 0.2) is 0 Å². The first-order valence-corrected chi connectivity index (χ1v) is 3.91. The van der Waals surface area contributed by atoms with E-state index in [1.165, 1.54) is 12.8 Å². The molecule has 58 valence electrons. The van der Waals surface area contributed by atoms with E-state index < -0.39 is 0 Å². The Morgan fingerprint density at radius 1 is 1.50 bits per heavy atom. The first-order valence-electron chi connectivity index (χ1n) is 3.91. The lowest BCUT2D eigenvalue weighted by Crippen LogP contribution is -2.23. The lowest BCUT2D eigenvalue weighted by atomic mass is 9.85. The summed E-state index contributed by atoms with van der Waals surface area (Å²) in [6.07, 6.45) is 3.35. The molecule has 1 fully saturated rings. The van der Waals surface area contributed by atoms with Crippen molar-refractivity contribution >= 4 is 5.84 Å². The quantitative estimate of drug-likeness (QED) is 0.528. The molecule has 0 unspecified atom stereocenters. The van der Waals surface area contributed by atoms with Crippen LogP contribution in [0.4, 0.5) is 0 Å². The van der Waals surface area contributed by atoms with Gasteiger partial charge < -0.3 is 5.32 Å². The van der Waals surface area contributed by atoms with Crippen molar-refractivity contribution in [3.8, 4) is 0 Å². The van der Waals surface area contributed by atoms with E-state index in [1.807, 2.05) is 0 Å². The van der Waals surface area contributed by atoms with E-state index in [2.05, 4.69) is 19.2 Å². The Kier molecular flexibility index (Phi) is 1.97. The maximum atomic E-state index is 7.47. The van der Waals surface area contributed by atoms with Crippen LogP contribution in [0.1, 0.15) is 33.1 Å². The van der Waals surface area contributed by atoms with Gasteiger partial charge in [-0.1, -0.05) is 13.8 Å². The Labute approximate surface area is 62.5 Å². The SMILES string of the molecule is CC1(C)CCCNC(=N)C1. The molecular weight excluding hydrogens is 124 g/mol. The second-order valence-electron chi connectivity index (χ2n) is 3.85. The molecular formula is C8H16N2. The van der Waals surface area contributed by atoms with Crippen LogP contribution in [-0.2, 0) is 0 Å². The minimum absolute atomic E-state index is 0.348. The lowest BCUT2D eigenvalue weighted by molar-refractivity contribution is 0.351. The molecule has 0 atom stereocenters. The summed E-state index contributed by atoms with van der Waals surface area (Å²) in [5, 5.41) is 10.6. The molecule has 10 heavy (non-hydrogen) atoms. The standard InChI is InChI=1S/C8H16N2/c1-8(2)4-3-5-10-7(9)6-8/h3-6H2,1-2H3,(H2,9,10). The van der Waals surface area contributed by atoms with Crippen LogP contribution in [0.3, 0.4) is 0 Å². The largest absolute Gasteiger partial charge is 0.374 e. The van der Waals surface area contributed by atoms with Crippen molar-refractivity contribution in [2.45, 2.75) is 33.1 Å². The summed E-state index contributed by atoms with van der Waals surface area (Å²) < 4.78 is 0. The van der Waals surface area contributed by atoms with Crippen molar-refractivity contribution < 1.29 is 0 Å². The maximum absolute atomic E-state index is 7.47. The van der Waals surface area contributed by atoms with Gasteiger partial charge in [-0.3, -0.25) is 5.41 Å². The van der Waals surface area contributed by atoms with Crippen LogP contribution in [-0.4, -0.2) is 12.4 Å². The van der Waals surface area contributed by atoms with Crippen LogP contribution >= 0.6 is 0 Å². The highest BCUT2D eigenvalue weighted by Gasteiger charge is 2.21.